The molecule has 0 atom stereocenters. The van der Waals surface area contributed by atoms with Crippen molar-refractivity contribution in [1.82, 2.24) is 19.6 Å². The van der Waals surface area contributed by atoms with Crippen molar-refractivity contribution in [3.63, 3.8) is 0 Å². The average molecular weight is 312 g/mol. The molecule has 0 fully saturated rings. The van der Waals surface area contributed by atoms with E-state index in [0.717, 1.165) is 12.1 Å². The summed E-state index contributed by atoms with van der Waals surface area (Å²) >= 11 is 6.08. The first-order chi connectivity index (χ1) is 10.1. The smallest absolute Gasteiger partial charge is 0.287 e. The molecule has 0 aromatic carbocycles. The number of nitrogens with one attached hydrogen (secondary N) is 1. The molecule has 2 rings (SSSR count). The molecular weight excluding hydrogens is 294 g/mol. The second-order valence-corrected chi connectivity index (χ2v) is 4.89. The van der Waals surface area contributed by atoms with Gasteiger partial charge in [-0.3, -0.25) is 9.48 Å². The van der Waals surface area contributed by atoms with Gasteiger partial charge in [0.1, 0.15) is 5.02 Å². The van der Waals surface area contributed by atoms with Crippen LogP contribution in [-0.4, -0.2) is 39.8 Å². The Labute approximate surface area is 127 Å². The van der Waals surface area contributed by atoms with E-state index in [1.807, 2.05) is 17.8 Å². The van der Waals surface area contributed by atoms with Gasteiger partial charge in [0.15, 0.2) is 0 Å². The van der Waals surface area contributed by atoms with Crippen molar-refractivity contribution < 1.29 is 4.74 Å². The molecule has 0 unspecified atom stereocenters. The normalized spacial score (nSPS) is 10.8. The highest BCUT2D eigenvalue weighted by molar-refractivity contribution is 6.32. The predicted molar refractivity (Wildman–Crippen MR) is 80.8 cm³/mol. The monoisotopic (exact) mass is 311 g/mol. The van der Waals surface area contributed by atoms with Crippen LogP contribution < -0.4 is 10.9 Å². The number of ether oxygens (including phenoxy) is 1. The minimum absolute atomic E-state index is 0.145. The van der Waals surface area contributed by atoms with Crippen molar-refractivity contribution in [1.29, 1.82) is 0 Å². The molecule has 2 aromatic rings. The van der Waals surface area contributed by atoms with E-state index in [-0.39, 0.29) is 10.6 Å². The van der Waals surface area contributed by atoms with Gasteiger partial charge in [0.2, 0.25) is 0 Å². The molecule has 2 heterocycles. The zero-order valence-corrected chi connectivity index (χ0v) is 12.8. The van der Waals surface area contributed by atoms with E-state index in [4.69, 9.17) is 16.3 Å². The fourth-order valence-corrected chi connectivity index (χ4v) is 2.11. The first kappa shape index (κ1) is 15.5. The Hall–Kier alpha value is -1.86. The van der Waals surface area contributed by atoms with Crippen LogP contribution in [0.5, 0.6) is 0 Å². The van der Waals surface area contributed by atoms with Gasteiger partial charge < -0.3 is 10.1 Å². The molecule has 8 heteroatoms. The van der Waals surface area contributed by atoms with E-state index in [1.54, 1.807) is 19.5 Å². The highest BCUT2D eigenvalue weighted by Gasteiger charge is 2.09. The molecule has 0 saturated carbocycles. The Kier molecular flexibility index (Phi) is 5.35. The molecule has 0 saturated heterocycles. The van der Waals surface area contributed by atoms with Crippen molar-refractivity contribution in [3.05, 3.63) is 39.5 Å². The summed E-state index contributed by atoms with van der Waals surface area (Å²) in [5.74, 6) is 0. The summed E-state index contributed by atoms with van der Waals surface area (Å²) in [6, 6.07) is 1.95. The van der Waals surface area contributed by atoms with Gasteiger partial charge in [-0.15, -0.1) is 0 Å². The van der Waals surface area contributed by atoms with Crippen LogP contribution in [0.15, 0.2) is 23.3 Å². The van der Waals surface area contributed by atoms with E-state index in [2.05, 4.69) is 15.5 Å². The van der Waals surface area contributed by atoms with Gasteiger partial charge in [-0.25, -0.2) is 4.68 Å². The molecule has 7 nitrogen and oxygen atoms in total. The number of hydrogen-bond acceptors (Lipinski definition) is 5. The quantitative estimate of drug-likeness (QED) is 0.823. The molecular formula is C13H18ClN5O2. The maximum absolute atomic E-state index is 12.0. The molecule has 0 spiro atoms. The predicted octanol–water partition coefficient (Wildman–Crippen LogP) is 0.931. The van der Waals surface area contributed by atoms with Crippen LogP contribution in [0, 0.1) is 0 Å². The summed E-state index contributed by atoms with van der Waals surface area (Å²) in [6.07, 6.45) is 4.09. The van der Waals surface area contributed by atoms with Crippen molar-refractivity contribution in [2.24, 2.45) is 7.05 Å². The fraction of sp³-hybridized carbons (Fsp3) is 0.462. The molecule has 21 heavy (non-hydrogen) atoms. The highest BCUT2D eigenvalue weighted by Crippen LogP contribution is 2.15. The fourth-order valence-electron chi connectivity index (χ4n) is 1.90. The SMILES string of the molecule is COCCn1ncc(NCCc2ccnn2C)c(Cl)c1=O. The summed E-state index contributed by atoms with van der Waals surface area (Å²) in [5, 5.41) is 11.4. The zero-order valence-electron chi connectivity index (χ0n) is 12.0. The molecule has 0 amide bonds. The average Bonchev–Trinajstić information content (AvgIpc) is 2.88. The summed E-state index contributed by atoms with van der Waals surface area (Å²) in [5.41, 5.74) is 1.32. The number of halogens is 1. The summed E-state index contributed by atoms with van der Waals surface area (Å²) in [7, 11) is 3.46. The first-order valence-corrected chi connectivity index (χ1v) is 6.96. The minimum Gasteiger partial charge on any atom is -0.383 e. The van der Waals surface area contributed by atoms with Crippen LogP contribution in [0.25, 0.3) is 0 Å². The molecule has 0 radical (unpaired) electrons. The number of methoxy groups -OCH3 is 1. The maximum atomic E-state index is 12.0. The van der Waals surface area contributed by atoms with Crippen LogP contribution in [0.4, 0.5) is 5.69 Å². The van der Waals surface area contributed by atoms with E-state index >= 15 is 0 Å². The van der Waals surface area contributed by atoms with E-state index in [1.165, 1.54) is 4.68 Å². The summed E-state index contributed by atoms with van der Waals surface area (Å²) < 4.78 is 8.02. The van der Waals surface area contributed by atoms with Gasteiger partial charge in [0, 0.05) is 39.0 Å². The van der Waals surface area contributed by atoms with Crippen LogP contribution in [0.2, 0.25) is 5.02 Å². The molecule has 1 N–H and O–H groups in total. The van der Waals surface area contributed by atoms with Crippen LogP contribution in [0.3, 0.4) is 0 Å². The molecule has 114 valence electrons. The van der Waals surface area contributed by atoms with E-state index in [9.17, 15) is 4.79 Å². The lowest BCUT2D eigenvalue weighted by atomic mass is 10.3. The van der Waals surface area contributed by atoms with Crippen molar-refractivity contribution in [2.75, 3.05) is 25.6 Å². The number of nitrogens with zero attached hydrogens (tertiary/aromatic N) is 4. The zero-order chi connectivity index (χ0) is 15.2. The lowest BCUT2D eigenvalue weighted by Crippen LogP contribution is -2.26. The number of hydrogen-bond donors (Lipinski definition) is 1. The topological polar surface area (TPSA) is 74.0 Å². The van der Waals surface area contributed by atoms with Crippen LogP contribution in [0.1, 0.15) is 5.69 Å². The molecule has 0 bridgehead atoms. The summed E-state index contributed by atoms with van der Waals surface area (Å²) in [4.78, 5) is 12.0. The van der Waals surface area contributed by atoms with Crippen molar-refractivity contribution in [3.8, 4) is 0 Å². The second-order valence-electron chi connectivity index (χ2n) is 4.52. The lowest BCUT2D eigenvalue weighted by Gasteiger charge is -2.10. The Morgan fingerprint density at radius 3 is 2.90 bits per heavy atom. The maximum Gasteiger partial charge on any atom is 0.287 e. The van der Waals surface area contributed by atoms with Gasteiger partial charge in [-0.1, -0.05) is 11.6 Å². The van der Waals surface area contributed by atoms with Crippen molar-refractivity contribution in [2.45, 2.75) is 13.0 Å². The third-order valence-corrected chi connectivity index (χ3v) is 3.48. The third kappa shape index (κ3) is 3.83. The van der Waals surface area contributed by atoms with Crippen molar-refractivity contribution >= 4 is 17.3 Å². The minimum atomic E-state index is -0.320. The van der Waals surface area contributed by atoms with Gasteiger partial charge in [0.25, 0.3) is 5.56 Å². The van der Waals surface area contributed by atoms with E-state index < -0.39 is 0 Å². The Morgan fingerprint density at radius 1 is 1.43 bits per heavy atom. The van der Waals surface area contributed by atoms with Crippen LogP contribution >= 0.6 is 11.6 Å². The Morgan fingerprint density at radius 2 is 2.24 bits per heavy atom. The largest absolute Gasteiger partial charge is 0.383 e. The number of rotatable bonds is 7. The molecule has 2 aromatic heterocycles. The third-order valence-electron chi connectivity index (χ3n) is 3.11. The standard InChI is InChI=1S/C13H18ClN5O2/c1-18-10(4-6-16-18)3-5-15-11-9-17-19(7-8-21-2)13(20)12(11)14/h4,6,9,15H,3,5,7-8H2,1-2H3. The van der Waals surface area contributed by atoms with E-state index in [0.29, 0.717) is 25.4 Å². The number of anilines is 1. The van der Waals surface area contributed by atoms with Gasteiger partial charge in [-0.2, -0.15) is 10.2 Å². The van der Waals surface area contributed by atoms with Crippen LogP contribution in [-0.2, 0) is 24.8 Å². The number of aromatic nitrogens is 4. The second kappa shape index (κ2) is 7.24. The molecule has 0 aliphatic carbocycles. The van der Waals surface area contributed by atoms with Gasteiger partial charge in [-0.05, 0) is 6.07 Å². The molecule has 0 aliphatic heterocycles. The Bertz CT molecular complexity index is 652. The van der Waals surface area contributed by atoms with Gasteiger partial charge in [0.05, 0.1) is 25.0 Å². The summed E-state index contributed by atoms with van der Waals surface area (Å²) in [6.45, 7) is 1.43. The molecule has 0 aliphatic rings. The first-order valence-electron chi connectivity index (χ1n) is 6.58. The van der Waals surface area contributed by atoms with Gasteiger partial charge >= 0.3 is 0 Å². The Balaban J connectivity index is 1.99. The number of aryl methyl sites for hydroxylation is 1. The highest BCUT2D eigenvalue weighted by atomic mass is 35.5. The lowest BCUT2D eigenvalue weighted by molar-refractivity contribution is 0.182.